The summed E-state index contributed by atoms with van der Waals surface area (Å²) in [5.41, 5.74) is 2.93. The summed E-state index contributed by atoms with van der Waals surface area (Å²) in [5.74, 6) is -1.56. The van der Waals surface area contributed by atoms with E-state index in [4.69, 9.17) is 4.42 Å². The van der Waals surface area contributed by atoms with Crippen LogP contribution in [0, 0.1) is 11.6 Å². The highest BCUT2D eigenvalue weighted by Gasteiger charge is 2.34. The van der Waals surface area contributed by atoms with E-state index in [0.29, 0.717) is 5.56 Å². The molecule has 0 radical (unpaired) electrons. The van der Waals surface area contributed by atoms with Crippen LogP contribution >= 0.6 is 0 Å². The van der Waals surface area contributed by atoms with Gasteiger partial charge in [-0.15, -0.1) is 0 Å². The summed E-state index contributed by atoms with van der Waals surface area (Å²) in [4.78, 5) is 14.9. The number of hydrogen-bond acceptors (Lipinski definition) is 2. The summed E-state index contributed by atoms with van der Waals surface area (Å²) >= 11 is 0. The fraction of sp³-hybridized carbons (Fsp3) is 0.0870. The number of halogens is 2. The molecule has 6 heteroatoms. The average molecular weight is 390 g/mol. The molecule has 0 bridgehead atoms. The first kappa shape index (κ1) is 17.4. The maximum absolute atomic E-state index is 14.1. The number of aromatic nitrogens is 1. The van der Waals surface area contributed by atoms with Crippen LogP contribution < -0.4 is 0 Å². The molecule has 0 saturated heterocycles. The Morgan fingerprint density at radius 3 is 2.52 bits per heavy atom. The van der Waals surface area contributed by atoms with Gasteiger partial charge < -0.3 is 13.9 Å². The van der Waals surface area contributed by atoms with E-state index in [2.05, 4.69) is 0 Å². The fourth-order valence-corrected chi connectivity index (χ4v) is 3.96. The molecule has 29 heavy (non-hydrogen) atoms. The Kier molecular flexibility index (Phi) is 4.05. The third kappa shape index (κ3) is 2.93. The quantitative estimate of drug-likeness (QED) is 0.478. The zero-order chi connectivity index (χ0) is 20.0. The van der Waals surface area contributed by atoms with Crippen molar-refractivity contribution >= 4 is 5.91 Å². The lowest BCUT2D eigenvalue weighted by atomic mass is 10.0. The lowest BCUT2D eigenvalue weighted by molar-refractivity contribution is 0.0657. The molecule has 5 rings (SSSR count). The van der Waals surface area contributed by atoms with Crippen LogP contribution in [-0.4, -0.2) is 15.4 Å². The SMILES string of the molecule is O=C(c1ccco1)N1Cc2ccccc2-n2cccc2[C@@H]1c1cc(F)cc(F)c1. The van der Waals surface area contributed by atoms with E-state index < -0.39 is 17.7 Å². The van der Waals surface area contributed by atoms with Crippen LogP contribution in [0.15, 0.2) is 83.6 Å². The van der Waals surface area contributed by atoms with Gasteiger partial charge >= 0.3 is 0 Å². The van der Waals surface area contributed by atoms with Crippen molar-refractivity contribution < 1.29 is 18.0 Å². The Balaban J connectivity index is 1.75. The van der Waals surface area contributed by atoms with Gasteiger partial charge in [-0.05, 0) is 53.6 Å². The van der Waals surface area contributed by atoms with Crippen LogP contribution in [-0.2, 0) is 6.54 Å². The van der Waals surface area contributed by atoms with Crippen molar-refractivity contribution in [2.45, 2.75) is 12.6 Å². The number of amides is 1. The van der Waals surface area contributed by atoms with Crippen molar-refractivity contribution in [1.82, 2.24) is 9.47 Å². The molecular formula is C23H16F2N2O2. The van der Waals surface area contributed by atoms with Crippen LogP contribution in [0.2, 0.25) is 0 Å². The first-order valence-electron chi connectivity index (χ1n) is 9.18. The van der Waals surface area contributed by atoms with E-state index in [1.54, 1.807) is 17.0 Å². The standard InChI is InChI=1S/C23H16F2N2O2/c24-17-11-16(12-18(25)13-17)22-20-7-3-9-26(20)19-6-2-1-5-15(19)14-27(22)23(28)21-8-4-10-29-21/h1-13,22H,14H2/t22-/m0/s1. The molecule has 1 aliphatic rings. The maximum Gasteiger partial charge on any atom is 0.290 e. The Hall–Kier alpha value is -3.67. The van der Waals surface area contributed by atoms with Gasteiger partial charge in [0.2, 0.25) is 0 Å². The molecule has 2 aromatic carbocycles. The Morgan fingerprint density at radius 1 is 0.966 bits per heavy atom. The highest BCUT2D eigenvalue weighted by atomic mass is 19.1. The molecule has 1 aliphatic heterocycles. The number of carbonyl (C=O) groups is 1. The summed E-state index contributed by atoms with van der Waals surface area (Å²) in [6.45, 7) is 0.264. The van der Waals surface area contributed by atoms with Gasteiger partial charge in [-0.2, -0.15) is 0 Å². The molecule has 144 valence electrons. The summed E-state index contributed by atoms with van der Waals surface area (Å²) in [7, 11) is 0. The first-order valence-corrected chi connectivity index (χ1v) is 9.18. The second kappa shape index (κ2) is 6.74. The van der Waals surface area contributed by atoms with Crippen molar-refractivity contribution in [3.8, 4) is 5.69 Å². The third-order valence-corrected chi connectivity index (χ3v) is 5.16. The minimum Gasteiger partial charge on any atom is -0.459 e. The predicted molar refractivity (Wildman–Crippen MR) is 103 cm³/mol. The topological polar surface area (TPSA) is 38.4 Å². The van der Waals surface area contributed by atoms with Gasteiger partial charge in [0.05, 0.1) is 18.0 Å². The second-order valence-electron chi connectivity index (χ2n) is 6.95. The minimum atomic E-state index is -0.694. The molecule has 0 unspecified atom stereocenters. The van der Waals surface area contributed by atoms with Crippen LogP contribution in [0.3, 0.4) is 0 Å². The van der Waals surface area contributed by atoms with E-state index in [0.717, 1.165) is 23.0 Å². The highest BCUT2D eigenvalue weighted by Crippen LogP contribution is 2.37. The number of nitrogens with zero attached hydrogens (tertiary/aromatic N) is 2. The van der Waals surface area contributed by atoms with Crippen LogP contribution in [0.25, 0.3) is 5.69 Å². The molecule has 1 amide bonds. The van der Waals surface area contributed by atoms with E-state index in [1.165, 1.54) is 18.4 Å². The highest BCUT2D eigenvalue weighted by molar-refractivity contribution is 5.92. The van der Waals surface area contributed by atoms with Crippen molar-refractivity contribution in [1.29, 1.82) is 0 Å². The fourth-order valence-electron chi connectivity index (χ4n) is 3.96. The van der Waals surface area contributed by atoms with Gasteiger partial charge in [0.25, 0.3) is 5.91 Å². The monoisotopic (exact) mass is 390 g/mol. The lowest BCUT2D eigenvalue weighted by Gasteiger charge is -2.30. The third-order valence-electron chi connectivity index (χ3n) is 5.16. The Bertz CT molecular complexity index is 1180. The maximum atomic E-state index is 14.1. The summed E-state index contributed by atoms with van der Waals surface area (Å²) < 4.78 is 35.5. The predicted octanol–water partition coefficient (Wildman–Crippen LogP) is 5.09. The number of carbonyl (C=O) groups excluding carboxylic acids is 1. The zero-order valence-corrected chi connectivity index (χ0v) is 15.3. The molecule has 0 spiro atoms. The summed E-state index contributed by atoms with van der Waals surface area (Å²) in [6, 6.07) is 17.3. The van der Waals surface area contributed by atoms with Gasteiger partial charge in [-0.25, -0.2) is 8.78 Å². The number of furan rings is 1. The molecule has 2 aromatic heterocycles. The van der Waals surface area contributed by atoms with E-state index in [-0.39, 0.29) is 18.2 Å². The van der Waals surface area contributed by atoms with Gasteiger partial charge in [0.15, 0.2) is 5.76 Å². The molecule has 4 aromatic rings. The number of para-hydroxylation sites is 1. The Labute approximate surface area is 165 Å². The number of benzene rings is 2. The van der Waals surface area contributed by atoms with E-state index in [9.17, 15) is 13.6 Å². The molecule has 0 fully saturated rings. The van der Waals surface area contributed by atoms with Gasteiger partial charge in [0, 0.05) is 24.5 Å². The normalized spacial score (nSPS) is 15.5. The van der Waals surface area contributed by atoms with Gasteiger partial charge in [-0.1, -0.05) is 18.2 Å². The molecule has 0 N–H and O–H groups in total. The number of fused-ring (bicyclic) bond motifs is 3. The smallest absolute Gasteiger partial charge is 0.290 e. The van der Waals surface area contributed by atoms with E-state index >= 15 is 0 Å². The summed E-state index contributed by atoms with van der Waals surface area (Å²) in [6.07, 6.45) is 3.32. The van der Waals surface area contributed by atoms with E-state index in [1.807, 2.05) is 47.2 Å². The molecule has 4 nitrogen and oxygen atoms in total. The molecular weight excluding hydrogens is 374 g/mol. The van der Waals surface area contributed by atoms with Crippen LogP contribution in [0.1, 0.15) is 33.4 Å². The lowest BCUT2D eigenvalue weighted by Crippen LogP contribution is -2.34. The molecule has 0 aliphatic carbocycles. The van der Waals surface area contributed by atoms with Gasteiger partial charge in [0.1, 0.15) is 11.6 Å². The number of rotatable bonds is 2. The second-order valence-corrected chi connectivity index (χ2v) is 6.95. The summed E-state index contributed by atoms with van der Waals surface area (Å²) in [5, 5.41) is 0. The largest absolute Gasteiger partial charge is 0.459 e. The van der Waals surface area contributed by atoms with Crippen molar-refractivity contribution in [2.75, 3.05) is 0 Å². The van der Waals surface area contributed by atoms with Crippen molar-refractivity contribution in [3.63, 3.8) is 0 Å². The van der Waals surface area contributed by atoms with Crippen LogP contribution in [0.4, 0.5) is 8.78 Å². The number of hydrogen-bond donors (Lipinski definition) is 0. The first-order chi connectivity index (χ1) is 14.1. The van der Waals surface area contributed by atoms with Crippen LogP contribution in [0.5, 0.6) is 0 Å². The molecule has 3 heterocycles. The zero-order valence-electron chi connectivity index (χ0n) is 15.3. The van der Waals surface area contributed by atoms with Gasteiger partial charge in [-0.3, -0.25) is 4.79 Å². The van der Waals surface area contributed by atoms with Crippen molar-refractivity contribution in [3.05, 3.63) is 113 Å². The average Bonchev–Trinajstić information content (AvgIpc) is 3.37. The Morgan fingerprint density at radius 2 is 1.76 bits per heavy atom. The van der Waals surface area contributed by atoms with Crippen molar-refractivity contribution in [2.24, 2.45) is 0 Å². The molecule has 1 atom stereocenters. The molecule has 0 saturated carbocycles. The minimum absolute atomic E-state index is 0.171.